The Balaban J connectivity index is 1.84. The number of anilines is 1. The van der Waals surface area contributed by atoms with Crippen molar-refractivity contribution in [2.24, 2.45) is 0 Å². The van der Waals surface area contributed by atoms with Crippen LogP contribution < -0.4 is 5.32 Å². The van der Waals surface area contributed by atoms with Gasteiger partial charge in [-0.15, -0.1) is 5.10 Å². The van der Waals surface area contributed by atoms with Crippen LogP contribution in [0.1, 0.15) is 5.56 Å². The van der Waals surface area contributed by atoms with Crippen LogP contribution >= 0.6 is 15.9 Å². The van der Waals surface area contributed by atoms with E-state index in [0.717, 1.165) is 15.8 Å². The largest absolute Gasteiger partial charge is 0.379 e. The maximum absolute atomic E-state index is 13.7. The normalized spacial score (nSPS) is 10.6. The first-order chi connectivity index (χ1) is 10.2. The lowest BCUT2D eigenvalue weighted by atomic mass is 10.2. The number of halogens is 2. The summed E-state index contributed by atoms with van der Waals surface area (Å²) in [4.78, 5) is 0. The lowest BCUT2D eigenvalue weighted by Crippen LogP contribution is -2.06. The van der Waals surface area contributed by atoms with E-state index in [1.807, 2.05) is 24.3 Å². The molecule has 0 aliphatic heterocycles. The van der Waals surface area contributed by atoms with E-state index in [1.165, 1.54) is 12.4 Å². The van der Waals surface area contributed by atoms with Gasteiger partial charge in [-0.2, -0.15) is 4.68 Å². The second-order valence-corrected chi connectivity index (χ2v) is 5.28. The molecule has 7 heteroatoms. The van der Waals surface area contributed by atoms with Crippen molar-refractivity contribution in [3.05, 3.63) is 64.6 Å². The van der Waals surface area contributed by atoms with Crippen LogP contribution in [0.5, 0.6) is 0 Å². The van der Waals surface area contributed by atoms with Gasteiger partial charge in [0.05, 0.1) is 11.4 Å². The molecule has 3 aromatic rings. The van der Waals surface area contributed by atoms with E-state index in [-0.39, 0.29) is 5.82 Å². The summed E-state index contributed by atoms with van der Waals surface area (Å²) in [6.07, 6.45) is 1.51. The minimum atomic E-state index is -0.245. The summed E-state index contributed by atoms with van der Waals surface area (Å²) >= 11 is 3.34. The molecule has 0 unspecified atom stereocenters. The number of rotatable bonds is 4. The van der Waals surface area contributed by atoms with Gasteiger partial charge in [0.25, 0.3) is 0 Å². The molecule has 1 heterocycles. The lowest BCUT2D eigenvalue weighted by molar-refractivity contribution is 0.612. The minimum absolute atomic E-state index is 0.245. The fourth-order valence-electron chi connectivity index (χ4n) is 1.96. The molecule has 0 aliphatic carbocycles. The van der Waals surface area contributed by atoms with Gasteiger partial charge >= 0.3 is 0 Å². The van der Waals surface area contributed by atoms with E-state index < -0.39 is 0 Å². The number of hydrogen-bond acceptors (Lipinski definition) is 4. The average Bonchev–Trinajstić information content (AvgIpc) is 3.03. The van der Waals surface area contributed by atoms with Gasteiger partial charge in [0.2, 0.25) is 0 Å². The first kappa shape index (κ1) is 13.7. The van der Waals surface area contributed by atoms with Crippen molar-refractivity contribution < 1.29 is 4.39 Å². The molecule has 5 nitrogen and oxygen atoms in total. The number of hydrogen-bond donors (Lipinski definition) is 1. The third kappa shape index (κ3) is 3.08. The third-order valence-corrected chi connectivity index (χ3v) is 3.47. The molecule has 0 saturated heterocycles. The summed E-state index contributed by atoms with van der Waals surface area (Å²) < 4.78 is 16.1. The average molecular weight is 348 g/mol. The van der Waals surface area contributed by atoms with Crippen molar-refractivity contribution in [3.63, 3.8) is 0 Å². The molecule has 3 rings (SSSR count). The maximum atomic E-state index is 13.7. The Morgan fingerprint density at radius 2 is 2.05 bits per heavy atom. The topological polar surface area (TPSA) is 55.6 Å². The summed E-state index contributed by atoms with van der Waals surface area (Å²) in [5, 5.41) is 14.3. The van der Waals surface area contributed by atoms with Gasteiger partial charge in [-0.05, 0) is 40.8 Å². The van der Waals surface area contributed by atoms with Crippen LogP contribution in [-0.2, 0) is 6.54 Å². The SMILES string of the molecule is Fc1ccc(Br)cc1CNc1ccccc1-n1cnnn1. The molecule has 21 heavy (non-hydrogen) atoms. The van der Waals surface area contributed by atoms with Crippen LogP contribution in [0, 0.1) is 5.82 Å². The predicted molar refractivity (Wildman–Crippen MR) is 80.6 cm³/mol. The third-order valence-electron chi connectivity index (χ3n) is 2.98. The standard InChI is InChI=1S/C14H11BrFN5/c15-11-5-6-12(16)10(7-11)8-17-13-3-1-2-4-14(13)21-9-18-19-20-21/h1-7,9,17H,8H2. The number of para-hydroxylation sites is 2. The van der Waals surface area contributed by atoms with Gasteiger partial charge in [-0.3, -0.25) is 0 Å². The molecule has 0 amide bonds. The monoisotopic (exact) mass is 347 g/mol. The summed E-state index contributed by atoms with van der Waals surface area (Å²) in [5.41, 5.74) is 2.21. The smallest absolute Gasteiger partial charge is 0.143 e. The molecule has 1 aromatic heterocycles. The molecule has 0 bridgehead atoms. The van der Waals surface area contributed by atoms with Crippen molar-refractivity contribution in [1.29, 1.82) is 0 Å². The maximum Gasteiger partial charge on any atom is 0.143 e. The molecule has 0 fully saturated rings. The van der Waals surface area contributed by atoms with E-state index in [1.54, 1.807) is 16.8 Å². The summed E-state index contributed by atoms with van der Waals surface area (Å²) in [5.74, 6) is -0.245. The lowest BCUT2D eigenvalue weighted by Gasteiger charge is -2.12. The van der Waals surface area contributed by atoms with Crippen LogP contribution in [0.3, 0.4) is 0 Å². The number of nitrogens with one attached hydrogen (secondary N) is 1. The molecule has 0 radical (unpaired) electrons. The summed E-state index contributed by atoms with van der Waals surface area (Å²) in [6.45, 7) is 0.365. The van der Waals surface area contributed by atoms with Gasteiger partial charge in [0, 0.05) is 16.6 Å². The van der Waals surface area contributed by atoms with Crippen molar-refractivity contribution in [1.82, 2.24) is 20.2 Å². The second kappa shape index (κ2) is 6.01. The van der Waals surface area contributed by atoms with Crippen molar-refractivity contribution in [2.45, 2.75) is 6.54 Å². The summed E-state index contributed by atoms with van der Waals surface area (Å²) in [6, 6.07) is 12.4. The van der Waals surface area contributed by atoms with Crippen LogP contribution in [0.25, 0.3) is 5.69 Å². The predicted octanol–water partition coefficient (Wildman–Crippen LogP) is 3.18. The van der Waals surface area contributed by atoms with Gasteiger partial charge in [-0.25, -0.2) is 4.39 Å². The van der Waals surface area contributed by atoms with E-state index in [2.05, 4.69) is 36.8 Å². The Bertz CT molecular complexity index is 745. The van der Waals surface area contributed by atoms with Crippen LogP contribution in [0.2, 0.25) is 0 Å². The van der Waals surface area contributed by atoms with Gasteiger partial charge in [0.1, 0.15) is 12.1 Å². The molecule has 0 aliphatic rings. The number of aromatic nitrogens is 4. The first-order valence-corrected chi connectivity index (χ1v) is 7.03. The molecule has 1 N–H and O–H groups in total. The quantitative estimate of drug-likeness (QED) is 0.787. The van der Waals surface area contributed by atoms with Gasteiger partial charge in [0.15, 0.2) is 0 Å². The molecule has 0 spiro atoms. The number of nitrogens with zero attached hydrogens (tertiary/aromatic N) is 4. The van der Waals surface area contributed by atoms with Crippen molar-refractivity contribution in [2.75, 3.05) is 5.32 Å². The van der Waals surface area contributed by atoms with E-state index in [9.17, 15) is 4.39 Å². The highest BCUT2D eigenvalue weighted by molar-refractivity contribution is 9.10. The molecular formula is C14H11BrFN5. The molecule has 0 saturated carbocycles. The second-order valence-electron chi connectivity index (χ2n) is 4.36. The van der Waals surface area contributed by atoms with E-state index in [4.69, 9.17) is 0 Å². The van der Waals surface area contributed by atoms with Crippen LogP contribution in [-0.4, -0.2) is 20.2 Å². The fourth-order valence-corrected chi connectivity index (χ4v) is 2.37. The first-order valence-electron chi connectivity index (χ1n) is 6.24. The van der Waals surface area contributed by atoms with Crippen molar-refractivity contribution >= 4 is 21.6 Å². The summed E-state index contributed by atoms with van der Waals surface area (Å²) in [7, 11) is 0. The highest BCUT2D eigenvalue weighted by atomic mass is 79.9. The Hall–Kier alpha value is -2.28. The van der Waals surface area contributed by atoms with Crippen LogP contribution in [0.4, 0.5) is 10.1 Å². The minimum Gasteiger partial charge on any atom is -0.379 e. The Kier molecular flexibility index (Phi) is 3.92. The van der Waals surface area contributed by atoms with Gasteiger partial charge < -0.3 is 5.32 Å². The highest BCUT2D eigenvalue weighted by Gasteiger charge is 2.07. The molecule has 0 atom stereocenters. The molecule has 106 valence electrons. The Morgan fingerprint density at radius 3 is 2.86 bits per heavy atom. The highest BCUT2D eigenvalue weighted by Crippen LogP contribution is 2.21. The fraction of sp³-hybridized carbons (Fsp3) is 0.0714. The van der Waals surface area contributed by atoms with E-state index in [0.29, 0.717) is 12.1 Å². The number of tetrazole rings is 1. The van der Waals surface area contributed by atoms with Gasteiger partial charge in [-0.1, -0.05) is 28.1 Å². The Morgan fingerprint density at radius 1 is 1.19 bits per heavy atom. The zero-order chi connectivity index (χ0) is 14.7. The Labute approximate surface area is 128 Å². The van der Waals surface area contributed by atoms with Crippen molar-refractivity contribution in [3.8, 4) is 5.69 Å². The number of benzene rings is 2. The zero-order valence-corrected chi connectivity index (χ0v) is 12.5. The molecule has 2 aromatic carbocycles. The van der Waals surface area contributed by atoms with Crippen LogP contribution in [0.15, 0.2) is 53.3 Å². The van der Waals surface area contributed by atoms with E-state index >= 15 is 0 Å². The molecular weight excluding hydrogens is 337 g/mol. The zero-order valence-electron chi connectivity index (χ0n) is 10.9.